The lowest BCUT2D eigenvalue weighted by Crippen LogP contribution is -2.48. The van der Waals surface area contributed by atoms with E-state index in [1.165, 1.54) is 35.5 Å². The van der Waals surface area contributed by atoms with Crippen molar-refractivity contribution < 1.29 is 27.8 Å². The number of benzene rings is 2. The van der Waals surface area contributed by atoms with E-state index in [9.17, 15) is 23.1 Å². The number of rotatable bonds is 10. The van der Waals surface area contributed by atoms with Crippen molar-refractivity contribution >= 4 is 5.97 Å². The average Bonchev–Trinajstić information content (AvgIpc) is 3.70. The van der Waals surface area contributed by atoms with Crippen LogP contribution in [-0.2, 0) is 35.3 Å². The van der Waals surface area contributed by atoms with E-state index < -0.39 is 17.2 Å². The maximum Gasteiger partial charge on any atom is 0.309 e. The van der Waals surface area contributed by atoms with Gasteiger partial charge < -0.3 is 9.84 Å². The first kappa shape index (κ1) is 31.1. The van der Waals surface area contributed by atoms with Gasteiger partial charge in [-0.1, -0.05) is 6.07 Å². The topological polar surface area (TPSA) is 111 Å². The summed E-state index contributed by atoms with van der Waals surface area (Å²) in [6.07, 6.45) is 8.84. The van der Waals surface area contributed by atoms with Gasteiger partial charge in [-0.05, 0) is 67.9 Å². The minimum absolute atomic E-state index is 0.00146. The first-order valence-electron chi connectivity index (χ1n) is 14.8. The molecule has 1 aliphatic rings. The van der Waals surface area contributed by atoms with Gasteiger partial charge >= 0.3 is 5.97 Å². The molecule has 1 fully saturated rings. The highest BCUT2D eigenvalue weighted by Crippen LogP contribution is 2.34. The zero-order valence-corrected chi connectivity index (χ0v) is 25.1. The predicted octanol–water partition coefficient (Wildman–Crippen LogP) is 4.50. The van der Waals surface area contributed by atoms with E-state index in [2.05, 4.69) is 20.2 Å². The quantitative estimate of drug-likeness (QED) is 0.225. The van der Waals surface area contributed by atoms with Crippen molar-refractivity contribution in [3.8, 4) is 22.4 Å². The molecule has 0 aliphatic carbocycles. The van der Waals surface area contributed by atoms with Gasteiger partial charge in [-0.2, -0.15) is 10.2 Å². The number of likely N-dealkylation sites (tertiary alicyclic amines) is 1. The smallest absolute Gasteiger partial charge is 0.309 e. The molecule has 1 saturated heterocycles. The maximum atomic E-state index is 14.8. The van der Waals surface area contributed by atoms with Crippen molar-refractivity contribution in [2.24, 2.45) is 13.0 Å². The molecule has 1 unspecified atom stereocenters. The fourth-order valence-corrected chi connectivity index (χ4v) is 5.94. The number of ether oxygens (including phenoxy) is 1. The zero-order chi connectivity index (χ0) is 32.3. The van der Waals surface area contributed by atoms with Gasteiger partial charge in [-0.3, -0.25) is 19.4 Å². The lowest BCUT2D eigenvalue weighted by molar-refractivity contribution is -0.151. The Morgan fingerprint density at radius 2 is 1.76 bits per heavy atom. The molecular formula is C33H32F3N7O3. The minimum Gasteiger partial charge on any atom is -0.461 e. The molecule has 0 spiro atoms. The number of β-amino-alcohol motifs (C(OH)–C–C–N with tert-alkyl or cyclic N) is 1. The highest BCUT2D eigenvalue weighted by molar-refractivity contribution is 5.82. The van der Waals surface area contributed by atoms with Crippen LogP contribution < -0.4 is 0 Å². The second kappa shape index (κ2) is 13.2. The van der Waals surface area contributed by atoms with Gasteiger partial charge in [0.15, 0.2) is 0 Å². The summed E-state index contributed by atoms with van der Waals surface area (Å²) in [6, 6.07) is 11.0. The van der Waals surface area contributed by atoms with E-state index in [0.717, 1.165) is 28.8 Å². The van der Waals surface area contributed by atoms with Crippen molar-refractivity contribution in [1.29, 1.82) is 0 Å². The second-order valence-electron chi connectivity index (χ2n) is 11.5. The Morgan fingerprint density at radius 1 is 1.00 bits per heavy atom. The van der Waals surface area contributed by atoms with Crippen LogP contribution in [0.3, 0.4) is 0 Å². The Hall–Kier alpha value is -4.88. The Balaban J connectivity index is 1.11. The molecule has 0 saturated carbocycles. The van der Waals surface area contributed by atoms with Gasteiger partial charge in [0, 0.05) is 60.5 Å². The van der Waals surface area contributed by atoms with Crippen molar-refractivity contribution in [2.75, 3.05) is 19.6 Å². The molecule has 1 aliphatic heterocycles. The van der Waals surface area contributed by atoms with Crippen molar-refractivity contribution in [2.45, 2.75) is 31.6 Å². The van der Waals surface area contributed by atoms with Gasteiger partial charge in [0.25, 0.3) is 0 Å². The van der Waals surface area contributed by atoms with Crippen LogP contribution >= 0.6 is 0 Å². The van der Waals surface area contributed by atoms with E-state index in [1.54, 1.807) is 36.3 Å². The van der Waals surface area contributed by atoms with Crippen LogP contribution in [0.4, 0.5) is 13.2 Å². The lowest BCUT2D eigenvalue weighted by Gasteiger charge is -2.38. The number of aliphatic hydroxyl groups is 1. The largest absolute Gasteiger partial charge is 0.461 e. The Morgan fingerprint density at radius 3 is 2.48 bits per heavy atom. The highest BCUT2D eigenvalue weighted by atomic mass is 19.1. The number of carbonyl (C=O) groups is 1. The van der Waals surface area contributed by atoms with Gasteiger partial charge in [0.2, 0.25) is 0 Å². The first-order chi connectivity index (χ1) is 22.2. The van der Waals surface area contributed by atoms with Crippen LogP contribution in [0.1, 0.15) is 24.0 Å². The maximum absolute atomic E-state index is 14.8. The Bertz CT molecular complexity index is 1810. The fourth-order valence-electron chi connectivity index (χ4n) is 5.94. The number of esters is 1. The van der Waals surface area contributed by atoms with Crippen molar-refractivity contribution in [3.05, 3.63) is 108 Å². The monoisotopic (exact) mass is 631 g/mol. The molecule has 6 rings (SSSR count). The third kappa shape index (κ3) is 6.85. The lowest BCUT2D eigenvalue weighted by atomic mass is 9.90. The van der Waals surface area contributed by atoms with Gasteiger partial charge in [-0.15, -0.1) is 0 Å². The van der Waals surface area contributed by atoms with Crippen LogP contribution in [0.15, 0.2) is 79.8 Å². The molecule has 2 aromatic carbocycles. The number of piperidine rings is 1. The fraction of sp³-hybridized carbons (Fsp3) is 0.303. The van der Waals surface area contributed by atoms with E-state index in [4.69, 9.17) is 4.74 Å². The van der Waals surface area contributed by atoms with E-state index >= 15 is 0 Å². The Kier molecular flexibility index (Phi) is 8.95. The summed E-state index contributed by atoms with van der Waals surface area (Å²) < 4.78 is 50.9. The molecule has 1 N–H and O–H groups in total. The number of nitrogens with zero attached hydrogens (tertiary/aromatic N) is 7. The van der Waals surface area contributed by atoms with Crippen LogP contribution in [0.25, 0.3) is 22.4 Å². The first-order valence-corrected chi connectivity index (χ1v) is 14.8. The summed E-state index contributed by atoms with van der Waals surface area (Å²) in [7, 11) is 1.80. The average molecular weight is 632 g/mol. The van der Waals surface area contributed by atoms with Crippen LogP contribution in [0.2, 0.25) is 0 Å². The summed E-state index contributed by atoms with van der Waals surface area (Å²) in [5.74, 6) is -2.65. The normalized spacial score (nSPS) is 15.5. The molecule has 4 heterocycles. The third-order valence-electron chi connectivity index (χ3n) is 8.24. The van der Waals surface area contributed by atoms with E-state index in [0.29, 0.717) is 37.2 Å². The summed E-state index contributed by atoms with van der Waals surface area (Å²) in [4.78, 5) is 23.3. The highest BCUT2D eigenvalue weighted by Gasteiger charge is 2.37. The number of pyridine rings is 1. The molecule has 13 heteroatoms. The second-order valence-corrected chi connectivity index (χ2v) is 11.5. The number of hydrogen-bond donors (Lipinski definition) is 1. The SMILES string of the molecule is Cn1cc(-c2ccncc2COC(=O)C2CCN(CC(O)(Cn3cncn3)c3ccc(F)cc3F)CC2)c(-c2ccc(F)cc2)n1. The summed E-state index contributed by atoms with van der Waals surface area (Å²) in [5, 5.41) is 20.3. The number of carbonyl (C=O) groups excluding carboxylic acids is 1. The van der Waals surface area contributed by atoms with Gasteiger partial charge in [-0.25, -0.2) is 22.8 Å². The molecule has 238 valence electrons. The van der Waals surface area contributed by atoms with Crippen LogP contribution in [0.5, 0.6) is 0 Å². The molecule has 10 nitrogen and oxygen atoms in total. The van der Waals surface area contributed by atoms with Crippen LogP contribution in [0, 0.1) is 23.4 Å². The minimum atomic E-state index is -1.73. The van der Waals surface area contributed by atoms with Gasteiger partial charge in [0.1, 0.15) is 48.0 Å². The molecule has 0 radical (unpaired) electrons. The van der Waals surface area contributed by atoms with Crippen LogP contribution in [-0.4, -0.2) is 65.1 Å². The Labute approximate surface area is 263 Å². The third-order valence-corrected chi connectivity index (χ3v) is 8.24. The molecular weight excluding hydrogens is 599 g/mol. The number of aryl methyl sites for hydroxylation is 1. The molecule has 0 amide bonds. The molecule has 1 atom stereocenters. The number of aromatic nitrogens is 6. The predicted molar refractivity (Wildman–Crippen MR) is 161 cm³/mol. The van der Waals surface area contributed by atoms with E-state index in [-0.39, 0.29) is 43.0 Å². The summed E-state index contributed by atoms with van der Waals surface area (Å²) in [5.41, 5.74) is 1.93. The standard InChI is InChI=1S/C33H32F3N7O3/c1-41-16-28(31(40-41)22-2-4-25(34)5-3-22)27-8-11-37-15-24(27)17-46-32(44)23-9-12-42(13-10-23)18-33(45,19-43-21-38-20-39-43)29-7-6-26(35)14-30(29)36/h2-8,11,14-16,20-21,23,45H,9-10,12-13,17-19H2,1H3. The molecule has 5 aromatic rings. The number of halogens is 3. The summed E-state index contributed by atoms with van der Waals surface area (Å²) >= 11 is 0. The van der Waals surface area contributed by atoms with Crippen molar-refractivity contribution in [1.82, 2.24) is 34.4 Å². The number of hydrogen-bond acceptors (Lipinski definition) is 8. The zero-order valence-electron chi connectivity index (χ0n) is 25.1. The van der Waals surface area contributed by atoms with Crippen molar-refractivity contribution in [3.63, 3.8) is 0 Å². The summed E-state index contributed by atoms with van der Waals surface area (Å²) in [6.45, 7) is 0.859. The molecule has 0 bridgehead atoms. The van der Waals surface area contributed by atoms with E-state index in [1.807, 2.05) is 17.2 Å². The molecule has 46 heavy (non-hydrogen) atoms. The molecule has 3 aromatic heterocycles. The van der Waals surface area contributed by atoms with Gasteiger partial charge in [0.05, 0.1) is 12.5 Å².